The number of pyridine rings is 1. The molecule has 2 atom stereocenters. The average molecular weight is 425 g/mol. The highest BCUT2D eigenvalue weighted by Crippen LogP contribution is 2.29. The third-order valence-corrected chi connectivity index (χ3v) is 5.24. The van der Waals surface area contributed by atoms with Gasteiger partial charge in [0.1, 0.15) is 11.9 Å². The second-order valence-electron chi connectivity index (χ2n) is 7.50. The standard InChI is InChI=1S/C26H23N3O3/c1-2-4-20(15-26(30)31)19-8-10-23(11-9-19)32-25(13-18-5-3-12-27-16-18)21-6-7-22-17-28-29-24(22)14-21/h3,5-12,14,16-17,20,25H,13,15H2,1H3,(H,28,29)(H,30,31)/t20-,25-/m0/s1. The number of carbonyl (C=O) groups is 1. The van der Waals surface area contributed by atoms with Crippen LogP contribution in [-0.2, 0) is 11.2 Å². The van der Waals surface area contributed by atoms with Gasteiger partial charge in [-0.2, -0.15) is 5.10 Å². The quantitative estimate of drug-likeness (QED) is 0.392. The molecule has 0 saturated carbocycles. The van der Waals surface area contributed by atoms with Gasteiger partial charge in [0.2, 0.25) is 0 Å². The third kappa shape index (κ3) is 5.13. The number of nitrogens with one attached hydrogen (secondary N) is 1. The molecule has 160 valence electrons. The summed E-state index contributed by atoms with van der Waals surface area (Å²) in [6, 6.07) is 17.6. The van der Waals surface area contributed by atoms with Crippen LogP contribution >= 0.6 is 0 Å². The number of H-pyrrole nitrogens is 1. The molecule has 2 heterocycles. The van der Waals surface area contributed by atoms with Gasteiger partial charge in [0.05, 0.1) is 24.1 Å². The Balaban J connectivity index is 1.60. The van der Waals surface area contributed by atoms with Gasteiger partial charge in [0, 0.05) is 24.2 Å². The smallest absolute Gasteiger partial charge is 0.304 e. The Morgan fingerprint density at radius 3 is 2.66 bits per heavy atom. The molecule has 0 bridgehead atoms. The Bertz CT molecular complexity index is 1250. The van der Waals surface area contributed by atoms with Crippen LogP contribution in [0.1, 0.15) is 42.1 Å². The Labute approximate surface area is 186 Å². The van der Waals surface area contributed by atoms with Crippen LogP contribution in [0.3, 0.4) is 0 Å². The van der Waals surface area contributed by atoms with E-state index in [4.69, 9.17) is 9.84 Å². The fourth-order valence-electron chi connectivity index (χ4n) is 3.66. The highest BCUT2D eigenvalue weighted by atomic mass is 16.5. The van der Waals surface area contributed by atoms with Crippen LogP contribution in [-0.4, -0.2) is 26.3 Å². The lowest BCUT2D eigenvalue weighted by atomic mass is 9.96. The van der Waals surface area contributed by atoms with E-state index < -0.39 is 5.97 Å². The van der Waals surface area contributed by atoms with Gasteiger partial charge in [-0.05, 0) is 47.9 Å². The molecule has 6 heteroatoms. The van der Waals surface area contributed by atoms with Crippen molar-refractivity contribution in [3.05, 3.63) is 89.9 Å². The van der Waals surface area contributed by atoms with Crippen LogP contribution in [0.25, 0.3) is 10.9 Å². The van der Waals surface area contributed by atoms with Crippen LogP contribution in [0.5, 0.6) is 5.75 Å². The molecule has 32 heavy (non-hydrogen) atoms. The number of benzene rings is 2. The molecule has 0 fully saturated rings. The Morgan fingerprint density at radius 1 is 1.12 bits per heavy atom. The number of aromatic amines is 1. The molecule has 2 N–H and O–H groups in total. The zero-order chi connectivity index (χ0) is 22.3. The van der Waals surface area contributed by atoms with Gasteiger partial charge in [0.15, 0.2) is 0 Å². The van der Waals surface area contributed by atoms with Crippen LogP contribution in [0, 0.1) is 11.8 Å². The van der Waals surface area contributed by atoms with Crippen molar-refractivity contribution in [3.8, 4) is 17.6 Å². The molecule has 0 amide bonds. The van der Waals surface area contributed by atoms with E-state index in [2.05, 4.69) is 33.1 Å². The molecule has 0 spiro atoms. The van der Waals surface area contributed by atoms with E-state index in [0.717, 1.165) is 27.6 Å². The number of hydrogen-bond acceptors (Lipinski definition) is 4. The van der Waals surface area contributed by atoms with Crippen LogP contribution < -0.4 is 4.74 Å². The summed E-state index contributed by atoms with van der Waals surface area (Å²) in [7, 11) is 0. The maximum Gasteiger partial charge on any atom is 0.304 e. The summed E-state index contributed by atoms with van der Waals surface area (Å²) in [4.78, 5) is 15.4. The summed E-state index contributed by atoms with van der Waals surface area (Å²) in [5.74, 6) is 5.28. The van der Waals surface area contributed by atoms with E-state index in [1.165, 1.54) is 0 Å². The first-order chi connectivity index (χ1) is 15.6. The highest BCUT2D eigenvalue weighted by molar-refractivity contribution is 5.78. The van der Waals surface area contributed by atoms with Gasteiger partial charge in [-0.15, -0.1) is 5.92 Å². The summed E-state index contributed by atoms with van der Waals surface area (Å²) in [5, 5.41) is 17.3. The number of carboxylic acid groups (broad SMARTS) is 1. The van der Waals surface area contributed by atoms with Gasteiger partial charge >= 0.3 is 5.97 Å². The van der Waals surface area contributed by atoms with Crippen molar-refractivity contribution in [2.75, 3.05) is 0 Å². The summed E-state index contributed by atoms with van der Waals surface area (Å²) >= 11 is 0. The average Bonchev–Trinajstić information content (AvgIpc) is 3.27. The Kier molecular flexibility index (Phi) is 6.47. The fraction of sp³-hybridized carbons (Fsp3) is 0.192. The number of nitrogens with zero attached hydrogens (tertiary/aromatic N) is 2. The molecule has 0 aliphatic rings. The zero-order valence-electron chi connectivity index (χ0n) is 17.7. The molecular formula is C26H23N3O3. The topological polar surface area (TPSA) is 88.1 Å². The maximum absolute atomic E-state index is 11.2. The molecule has 0 saturated heterocycles. The number of aromatic nitrogens is 3. The predicted molar refractivity (Wildman–Crippen MR) is 122 cm³/mol. The lowest BCUT2D eigenvalue weighted by Crippen LogP contribution is -2.11. The highest BCUT2D eigenvalue weighted by Gasteiger charge is 2.17. The van der Waals surface area contributed by atoms with Crippen molar-refractivity contribution < 1.29 is 14.6 Å². The summed E-state index contributed by atoms with van der Waals surface area (Å²) < 4.78 is 6.39. The second kappa shape index (κ2) is 9.80. The van der Waals surface area contributed by atoms with Crippen molar-refractivity contribution in [2.45, 2.75) is 31.8 Å². The molecule has 0 aliphatic carbocycles. The van der Waals surface area contributed by atoms with Crippen molar-refractivity contribution in [3.63, 3.8) is 0 Å². The largest absolute Gasteiger partial charge is 0.485 e. The number of hydrogen-bond donors (Lipinski definition) is 2. The lowest BCUT2D eigenvalue weighted by Gasteiger charge is -2.20. The minimum atomic E-state index is -0.871. The normalized spacial score (nSPS) is 12.5. The number of carboxylic acids is 1. The minimum Gasteiger partial charge on any atom is -0.485 e. The van der Waals surface area contributed by atoms with Gasteiger partial charge in [-0.25, -0.2) is 0 Å². The molecule has 0 aliphatic heterocycles. The summed E-state index contributed by atoms with van der Waals surface area (Å²) in [6.07, 6.45) is 5.77. The Morgan fingerprint density at radius 2 is 1.94 bits per heavy atom. The predicted octanol–water partition coefficient (Wildman–Crippen LogP) is 4.90. The molecule has 0 radical (unpaired) electrons. The van der Waals surface area contributed by atoms with Crippen LogP contribution in [0.2, 0.25) is 0 Å². The van der Waals surface area contributed by atoms with Crippen molar-refractivity contribution in [1.29, 1.82) is 0 Å². The van der Waals surface area contributed by atoms with Gasteiger partial charge < -0.3 is 9.84 Å². The first-order valence-electron chi connectivity index (χ1n) is 10.3. The van der Waals surface area contributed by atoms with Crippen molar-refractivity contribution in [1.82, 2.24) is 15.2 Å². The molecule has 2 aromatic carbocycles. The second-order valence-corrected chi connectivity index (χ2v) is 7.50. The van der Waals surface area contributed by atoms with E-state index >= 15 is 0 Å². The number of fused-ring (bicyclic) bond motifs is 1. The van der Waals surface area contributed by atoms with E-state index in [9.17, 15) is 4.79 Å². The fourth-order valence-corrected chi connectivity index (χ4v) is 3.66. The first-order valence-corrected chi connectivity index (χ1v) is 10.3. The monoisotopic (exact) mass is 425 g/mol. The third-order valence-electron chi connectivity index (χ3n) is 5.24. The summed E-state index contributed by atoms with van der Waals surface area (Å²) in [5.41, 5.74) is 3.90. The molecule has 6 nitrogen and oxygen atoms in total. The maximum atomic E-state index is 11.2. The summed E-state index contributed by atoms with van der Waals surface area (Å²) in [6.45, 7) is 1.71. The van der Waals surface area contributed by atoms with Crippen LogP contribution in [0.15, 0.2) is 73.2 Å². The molecular weight excluding hydrogens is 402 g/mol. The van der Waals surface area contributed by atoms with E-state index in [-0.39, 0.29) is 18.4 Å². The van der Waals surface area contributed by atoms with Gasteiger partial charge in [-0.3, -0.25) is 14.9 Å². The van der Waals surface area contributed by atoms with Gasteiger partial charge in [0.25, 0.3) is 0 Å². The van der Waals surface area contributed by atoms with E-state index in [0.29, 0.717) is 12.2 Å². The number of rotatable bonds is 8. The van der Waals surface area contributed by atoms with Crippen molar-refractivity contribution in [2.24, 2.45) is 0 Å². The lowest BCUT2D eigenvalue weighted by molar-refractivity contribution is -0.137. The molecule has 2 aromatic heterocycles. The first kappa shape index (κ1) is 21.1. The van der Waals surface area contributed by atoms with Crippen LogP contribution in [0.4, 0.5) is 0 Å². The van der Waals surface area contributed by atoms with Gasteiger partial charge in [-0.1, -0.05) is 36.3 Å². The van der Waals surface area contributed by atoms with E-state index in [1.807, 2.05) is 54.7 Å². The molecule has 4 rings (SSSR count). The van der Waals surface area contributed by atoms with E-state index in [1.54, 1.807) is 19.3 Å². The molecule has 4 aromatic rings. The number of ether oxygens (including phenoxy) is 1. The minimum absolute atomic E-state index is 0.0329. The van der Waals surface area contributed by atoms with Crippen molar-refractivity contribution >= 4 is 16.9 Å². The SMILES string of the molecule is CC#C[C@@H](CC(=O)O)c1ccc(O[C@@H](Cc2cccnc2)c2ccc3cn[nH]c3c2)cc1. The zero-order valence-corrected chi connectivity index (χ0v) is 17.7. The Hall–Kier alpha value is -4.11. The molecule has 0 unspecified atom stereocenters. The number of aliphatic carboxylic acids is 1.